The molecule has 0 aromatic heterocycles. The number of rotatable bonds is 10. The van der Waals surface area contributed by atoms with Crippen molar-refractivity contribution >= 4 is 6.03 Å². The van der Waals surface area contributed by atoms with E-state index in [1.807, 2.05) is 6.92 Å². The molecular weight excluding hydrogens is 316 g/mol. The van der Waals surface area contributed by atoms with E-state index in [2.05, 4.69) is 50.8 Å². The fourth-order valence-electron chi connectivity index (χ4n) is 2.96. The number of hydrogen-bond donors (Lipinski definition) is 2. The molecule has 1 fully saturated rings. The standard InChI is InChI=1S/C19H32N4O2/c1-2-25-16-10-21-19(24)20-9-6-11-22-12-14-23(15-13-22)17-18-7-4-3-5-8-18/h3-5,7-8H,2,6,9-17H2,1H3,(H2,20,21,24). The normalized spacial score (nSPS) is 15.9. The van der Waals surface area contributed by atoms with Crippen LogP contribution in [0, 0.1) is 0 Å². The van der Waals surface area contributed by atoms with Gasteiger partial charge in [-0.05, 0) is 25.5 Å². The van der Waals surface area contributed by atoms with Crippen molar-refractivity contribution in [2.75, 3.05) is 59.0 Å². The molecule has 2 amide bonds. The average Bonchev–Trinajstić information content (AvgIpc) is 2.65. The van der Waals surface area contributed by atoms with Crippen LogP contribution in [0.3, 0.4) is 0 Å². The molecule has 25 heavy (non-hydrogen) atoms. The van der Waals surface area contributed by atoms with Crippen LogP contribution in [-0.2, 0) is 11.3 Å². The molecule has 0 spiro atoms. The third-order valence-electron chi connectivity index (χ3n) is 4.39. The molecule has 6 nitrogen and oxygen atoms in total. The van der Waals surface area contributed by atoms with E-state index in [4.69, 9.17) is 4.74 Å². The largest absolute Gasteiger partial charge is 0.380 e. The average molecular weight is 348 g/mol. The zero-order valence-electron chi connectivity index (χ0n) is 15.4. The third kappa shape index (κ3) is 8.34. The molecule has 0 unspecified atom stereocenters. The van der Waals surface area contributed by atoms with Crippen LogP contribution < -0.4 is 10.6 Å². The molecule has 140 valence electrons. The first-order chi connectivity index (χ1) is 12.3. The summed E-state index contributed by atoms with van der Waals surface area (Å²) in [5, 5.41) is 5.69. The van der Waals surface area contributed by atoms with Crippen LogP contribution in [0.4, 0.5) is 4.79 Å². The lowest BCUT2D eigenvalue weighted by Crippen LogP contribution is -2.46. The quantitative estimate of drug-likeness (QED) is 0.630. The molecule has 6 heteroatoms. The van der Waals surface area contributed by atoms with Crippen molar-refractivity contribution in [3.8, 4) is 0 Å². The number of urea groups is 1. The van der Waals surface area contributed by atoms with Crippen molar-refractivity contribution in [2.24, 2.45) is 0 Å². The van der Waals surface area contributed by atoms with Gasteiger partial charge in [-0.2, -0.15) is 0 Å². The van der Waals surface area contributed by atoms with Crippen LogP contribution in [0.15, 0.2) is 30.3 Å². The van der Waals surface area contributed by atoms with Gasteiger partial charge in [0.15, 0.2) is 0 Å². The van der Waals surface area contributed by atoms with Gasteiger partial charge in [-0.15, -0.1) is 0 Å². The van der Waals surface area contributed by atoms with E-state index in [-0.39, 0.29) is 6.03 Å². The molecular formula is C19H32N4O2. The maximum Gasteiger partial charge on any atom is 0.314 e. The Morgan fingerprint density at radius 3 is 2.44 bits per heavy atom. The lowest BCUT2D eigenvalue weighted by Gasteiger charge is -2.34. The Hall–Kier alpha value is -1.63. The van der Waals surface area contributed by atoms with Crippen molar-refractivity contribution in [1.82, 2.24) is 20.4 Å². The molecule has 0 atom stereocenters. The lowest BCUT2D eigenvalue weighted by atomic mass is 10.2. The van der Waals surface area contributed by atoms with Crippen LogP contribution in [0.25, 0.3) is 0 Å². The minimum Gasteiger partial charge on any atom is -0.380 e. The molecule has 1 aliphatic rings. The number of carbonyl (C=O) groups is 1. The van der Waals surface area contributed by atoms with Crippen LogP contribution in [0.1, 0.15) is 18.9 Å². The van der Waals surface area contributed by atoms with E-state index in [1.165, 1.54) is 5.56 Å². The van der Waals surface area contributed by atoms with Gasteiger partial charge in [-0.1, -0.05) is 30.3 Å². The van der Waals surface area contributed by atoms with E-state index in [0.717, 1.165) is 45.7 Å². The second-order valence-corrected chi connectivity index (χ2v) is 6.34. The van der Waals surface area contributed by atoms with Gasteiger partial charge in [0.05, 0.1) is 6.61 Å². The van der Waals surface area contributed by atoms with Gasteiger partial charge >= 0.3 is 6.03 Å². The SMILES string of the molecule is CCOCCNC(=O)NCCCN1CCN(Cc2ccccc2)CC1. The fraction of sp³-hybridized carbons (Fsp3) is 0.632. The second-order valence-electron chi connectivity index (χ2n) is 6.34. The van der Waals surface area contributed by atoms with Gasteiger partial charge in [0.2, 0.25) is 0 Å². The van der Waals surface area contributed by atoms with Crippen molar-refractivity contribution < 1.29 is 9.53 Å². The summed E-state index contributed by atoms with van der Waals surface area (Å²) < 4.78 is 5.18. The molecule has 1 heterocycles. The Bertz CT molecular complexity index is 476. The van der Waals surface area contributed by atoms with Gasteiger partial charge in [-0.25, -0.2) is 4.79 Å². The highest BCUT2D eigenvalue weighted by Gasteiger charge is 2.16. The summed E-state index contributed by atoms with van der Waals surface area (Å²) in [6.07, 6.45) is 0.984. The number of amides is 2. The maximum atomic E-state index is 11.6. The van der Waals surface area contributed by atoms with Crippen molar-refractivity contribution in [3.63, 3.8) is 0 Å². The molecule has 1 aromatic rings. The number of piperazine rings is 1. The molecule has 0 radical (unpaired) electrons. The smallest absolute Gasteiger partial charge is 0.314 e. The summed E-state index contributed by atoms with van der Waals surface area (Å²) in [6.45, 7) is 11.0. The number of benzene rings is 1. The maximum absolute atomic E-state index is 11.6. The molecule has 0 saturated carbocycles. The molecule has 2 N–H and O–H groups in total. The topological polar surface area (TPSA) is 56.8 Å². The first-order valence-corrected chi connectivity index (χ1v) is 9.36. The van der Waals surface area contributed by atoms with E-state index in [1.54, 1.807) is 0 Å². The molecule has 1 saturated heterocycles. The number of nitrogens with one attached hydrogen (secondary N) is 2. The minimum atomic E-state index is -0.104. The summed E-state index contributed by atoms with van der Waals surface area (Å²) in [6, 6.07) is 10.5. The van der Waals surface area contributed by atoms with E-state index in [9.17, 15) is 4.79 Å². The van der Waals surface area contributed by atoms with Gasteiger partial charge in [-0.3, -0.25) is 4.90 Å². The highest BCUT2D eigenvalue weighted by molar-refractivity contribution is 5.73. The molecule has 0 bridgehead atoms. The van der Waals surface area contributed by atoms with Crippen molar-refractivity contribution in [2.45, 2.75) is 19.9 Å². The fourth-order valence-corrected chi connectivity index (χ4v) is 2.96. The van der Waals surface area contributed by atoms with Crippen LogP contribution in [-0.4, -0.2) is 74.9 Å². The number of hydrogen-bond acceptors (Lipinski definition) is 4. The highest BCUT2D eigenvalue weighted by Crippen LogP contribution is 2.08. The second kappa shape index (κ2) is 11.8. The summed E-state index contributed by atoms with van der Waals surface area (Å²) in [5.41, 5.74) is 1.38. The Morgan fingerprint density at radius 2 is 1.72 bits per heavy atom. The monoisotopic (exact) mass is 348 g/mol. The van der Waals surface area contributed by atoms with Crippen LogP contribution >= 0.6 is 0 Å². The molecule has 2 rings (SSSR count). The first kappa shape index (κ1) is 19.7. The van der Waals surface area contributed by atoms with Gasteiger partial charge in [0, 0.05) is 52.4 Å². The first-order valence-electron chi connectivity index (χ1n) is 9.36. The molecule has 0 aliphatic carbocycles. The van der Waals surface area contributed by atoms with Crippen LogP contribution in [0.2, 0.25) is 0 Å². The van der Waals surface area contributed by atoms with E-state index < -0.39 is 0 Å². The Kier molecular flexibility index (Phi) is 9.33. The van der Waals surface area contributed by atoms with Gasteiger partial charge in [0.1, 0.15) is 0 Å². The van der Waals surface area contributed by atoms with Gasteiger partial charge in [0.25, 0.3) is 0 Å². The summed E-state index contributed by atoms with van der Waals surface area (Å²) in [5.74, 6) is 0. The third-order valence-corrected chi connectivity index (χ3v) is 4.39. The predicted molar refractivity (Wildman–Crippen MR) is 101 cm³/mol. The number of nitrogens with zero attached hydrogens (tertiary/aromatic N) is 2. The summed E-state index contributed by atoms with van der Waals surface area (Å²) in [7, 11) is 0. The lowest BCUT2D eigenvalue weighted by molar-refractivity contribution is 0.126. The molecule has 1 aliphatic heterocycles. The van der Waals surface area contributed by atoms with Crippen LogP contribution in [0.5, 0.6) is 0 Å². The minimum absolute atomic E-state index is 0.104. The number of ether oxygens (including phenoxy) is 1. The van der Waals surface area contributed by atoms with Crippen molar-refractivity contribution in [3.05, 3.63) is 35.9 Å². The summed E-state index contributed by atoms with van der Waals surface area (Å²) in [4.78, 5) is 16.6. The van der Waals surface area contributed by atoms with E-state index in [0.29, 0.717) is 26.3 Å². The zero-order chi connectivity index (χ0) is 17.7. The zero-order valence-corrected chi connectivity index (χ0v) is 15.4. The Labute approximate surface area is 151 Å². The Morgan fingerprint density at radius 1 is 1.04 bits per heavy atom. The summed E-state index contributed by atoms with van der Waals surface area (Å²) >= 11 is 0. The molecule has 1 aromatic carbocycles. The number of carbonyl (C=O) groups excluding carboxylic acids is 1. The predicted octanol–water partition coefficient (Wildman–Crippen LogP) is 1.53. The van der Waals surface area contributed by atoms with Gasteiger partial charge < -0.3 is 20.3 Å². The van der Waals surface area contributed by atoms with E-state index >= 15 is 0 Å². The highest BCUT2D eigenvalue weighted by atomic mass is 16.5. The Balaban J connectivity index is 1.49. The van der Waals surface area contributed by atoms with Crippen molar-refractivity contribution in [1.29, 1.82) is 0 Å².